The average molecular weight is 1600 g/mol. The van der Waals surface area contributed by atoms with Crippen molar-refractivity contribution < 1.29 is 173 Å². The second kappa shape index (κ2) is 78.7. The van der Waals surface area contributed by atoms with Gasteiger partial charge in [-0.3, -0.25) is 38.3 Å². The van der Waals surface area contributed by atoms with E-state index in [-0.39, 0.29) is 145 Å². The molecular weight excluding hydrogens is 1440 g/mol. The van der Waals surface area contributed by atoms with Crippen LogP contribution in [0.2, 0.25) is 0 Å². The number of terminal acetylenes is 2. The van der Waals surface area contributed by atoms with Gasteiger partial charge in [0.1, 0.15) is 12.2 Å². The average Bonchev–Trinajstić information content (AvgIpc) is 0.912. The summed E-state index contributed by atoms with van der Waals surface area (Å²) in [4.78, 5) is 85.7. The van der Waals surface area contributed by atoms with Crippen molar-refractivity contribution in [3.8, 4) is 143 Å². The quantitative estimate of drug-likeness (QED) is 0.00701. The van der Waals surface area contributed by atoms with Crippen LogP contribution in [-0.4, -0.2) is 130 Å². The molecule has 0 fully saturated rings. The second-order valence-electron chi connectivity index (χ2n) is 24.3. The molecule has 0 aliphatic carbocycles. The maximum Gasteiger partial charge on any atom is 1.00 e. The number of carbonyl (C=O) groups excluding carboxylic acids is 5. The van der Waals surface area contributed by atoms with E-state index < -0.39 is 84.5 Å². The summed E-state index contributed by atoms with van der Waals surface area (Å²) in [6.07, 6.45) is 42.4. The third-order valence-corrected chi connectivity index (χ3v) is 17.1. The van der Waals surface area contributed by atoms with E-state index in [4.69, 9.17) is 49.9 Å². The van der Waals surface area contributed by atoms with Gasteiger partial charge < -0.3 is 52.9 Å². The number of hydrogen-bond donors (Lipinski definition) is 8. The zero-order chi connectivity index (χ0) is 77.8. The van der Waals surface area contributed by atoms with Crippen molar-refractivity contribution in [3.05, 3.63) is 0 Å². The molecule has 0 saturated carbocycles. The van der Waals surface area contributed by atoms with Crippen molar-refractivity contribution in [2.24, 2.45) is 0 Å². The molecule has 628 valence electrons. The van der Waals surface area contributed by atoms with Crippen LogP contribution in [0.4, 0.5) is 14.4 Å². The summed E-state index contributed by atoms with van der Waals surface area (Å²) in [6, 6.07) is 0.149. The third-order valence-electron chi connectivity index (χ3n) is 15.1. The second-order valence-corrected chi connectivity index (χ2v) is 27.2. The van der Waals surface area contributed by atoms with E-state index in [0.717, 1.165) is 116 Å². The van der Waals surface area contributed by atoms with Crippen molar-refractivity contribution in [3.63, 3.8) is 0 Å². The molecule has 27 heteroatoms. The predicted octanol–water partition coefficient (Wildman–Crippen LogP) is 11.9. The molecule has 23 nitrogen and oxygen atoms in total. The first-order chi connectivity index (χ1) is 51.5. The molecule has 0 rings (SSSR count). The summed E-state index contributed by atoms with van der Waals surface area (Å²) < 4.78 is 70.4. The van der Waals surface area contributed by atoms with E-state index in [2.05, 4.69) is 190 Å². The van der Waals surface area contributed by atoms with Gasteiger partial charge in [-0.1, -0.05) is 182 Å². The molecule has 0 aliphatic rings. The molecular formula is C81H160N6Na2O17P2. The van der Waals surface area contributed by atoms with E-state index in [0.29, 0.717) is 38.5 Å². The van der Waals surface area contributed by atoms with E-state index in [1.807, 2.05) is 0 Å². The minimum absolute atomic E-state index is 0. The van der Waals surface area contributed by atoms with Gasteiger partial charge in [0.2, 0.25) is 0 Å². The number of carbonyl (C=O) groups is 5. The van der Waals surface area contributed by atoms with Crippen molar-refractivity contribution >= 4 is 45.7 Å². The van der Waals surface area contributed by atoms with Crippen LogP contribution in [0.5, 0.6) is 0 Å². The van der Waals surface area contributed by atoms with Crippen molar-refractivity contribution in [1.29, 1.82) is 0 Å². The van der Waals surface area contributed by atoms with Gasteiger partial charge in [0.15, 0.2) is 0 Å². The molecule has 0 aliphatic heterocycles. The monoisotopic (exact) mass is 1600 g/mol. The largest absolute Gasteiger partial charge is 1.00 e. The normalized spacial score (nSPS) is 11.9. The number of nitrogens with one attached hydrogen (secondary N) is 6. The number of unbranched alkanes of at least 4 members (excludes halogenated alkanes) is 24. The Hall–Kier alpha value is -6.39. The molecule has 0 bridgehead atoms. The molecule has 0 spiro atoms. The van der Waals surface area contributed by atoms with Gasteiger partial charge in [-0.15, -0.1) is 12.8 Å². The predicted molar refractivity (Wildman–Crippen MR) is 461 cm³/mol. The molecule has 0 aromatic heterocycles. The van der Waals surface area contributed by atoms with E-state index in [1.54, 1.807) is 0 Å². The van der Waals surface area contributed by atoms with E-state index >= 15 is 0 Å². The molecule has 6 atom stereocenters. The Kier molecular flexibility index (Phi) is 77.1. The number of phosphoric ester groups is 2. The molecule has 0 aromatic carbocycles. The Balaban J connectivity index is -0.000000170. The molecule has 0 saturated heterocycles. The molecule has 0 aromatic rings. The summed E-state index contributed by atoms with van der Waals surface area (Å²) in [7, 11) is -9.67. The van der Waals surface area contributed by atoms with Crippen molar-refractivity contribution in [2.45, 2.75) is 270 Å². The topological polar surface area (TPSA) is 306 Å². The number of ether oxygens (including phenoxy) is 4. The molecule has 108 heavy (non-hydrogen) atoms. The van der Waals surface area contributed by atoms with Gasteiger partial charge in [-0.25, -0.2) is 23.5 Å². The molecule has 8 N–H and O–H groups in total. The van der Waals surface area contributed by atoms with Crippen LogP contribution in [0.15, 0.2) is 0 Å². The SMILES string of the molecule is C#CC#CC#CC#CC#CC#CNC(=O)N[C@H](COCC[C@@H](CCCCCCC)OC(=O)CCCCCCCCCCC)COP(=O)(O)OCCNC(=O)NCCOP(=O)(O)OC[C@@H](COCC[C@@H](CCCCCCC)OC(=O)CCCCCCCCCCC)NC(=O)NC#CC#CC#CC#CC#CC#C.[H-].[H-].[HH].[HH].[HH].[HH].[HH].[HH].[HH].[HH].[HH].[HH].[HH].[HH].[HH].[HH].[HH].[HH].[HH].[HH].[HH].[HH].[HH].[HH].[Na+].[Na+]. The Morgan fingerprint density at radius 1 is 0.370 bits per heavy atom. The van der Waals surface area contributed by atoms with Gasteiger partial charge in [0.05, 0.1) is 64.9 Å². The van der Waals surface area contributed by atoms with Crippen molar-refractivity contribution in [1.82, 2.24) is 31.9 Å². The fourth-order valence-corrected chi connectivity index (χ4v) is 11.1. The number of urea groups is 3. The number of rotatable bonds is 60. The summed E-state index contributed by atoms with van der Waals surface area (Å²) in [5, 5.41) is 14.5. The number of hydrogen-bond acceptors (Lipinski definition) is 15. The Labute approximate surface area is 726 Å². The molecule has 6 amide bonds. The first-order valence-corrected chi connectivity index (χ1v) is 40.4. The van der Waals surface area contributed by atoms with Gasteiger partial charge in [0.25, 0.3) is 0 Å². The molecule has 0 radical (unpaired) electrons. The van der Waals surface area contributed by atoms with Crippen LogP contribution >= 0.6 is 15.6 Å². The van der Waals surface area contributed by atoms with E-state index in [1.165, 1.54) is 64.2 Å². The first-order valence-electron chi connectivity index (χ1n) is 37.4. The van der Waals surface area contributed by atoms with Gasteiger partial charge >= 0.3 is 105 Å². The van der Waals surface area contributed by atoms with Gasteiger partial charge in [-0.2, -0.15) is 0 Å². The summed E-state index contributed by atoms with van der Waals surface area (Å²) in [6.45, 7) is 5.58. The molecule has 0 heterocycles. The minimum Gasteiger partial charge on any atom is -1.00 e. The fraction of sp³-hybridized carbons (Fsp3) is 0.642. The smallest absolute Gasteiger partial charge is 1.00 e. The van der Waals surface area contributed by atoms with Gasteiger partial charge in [0, 0.05) is 141 Å². The maximum atomic E-state index is 13.1. The van der Waals surface area contributed by atoms with Crippen molar-refractivity contribution in [2.75, 3.05) is 65.9 Å². The number of phosphoric acid groups is 2. The zero-order valence-corrected chi connectivity index (χ0v) is 70.8. The first kappa shape index (κ1) is 106. The summed E-state index contributed by atoms with van der Waals surface area (Å²) in [5.74, 6) is 47.2. The van der Waals surface area contributed by atoms with E-state index in [9.17, 15) is 42.9 Å². The van der Waals surface area contributed by atoms with Crippen LogP contribution < -0.4 is 91.0 Å². The fourth-order valence-electron chi connectivity index (χ4n) is 9.62. The standard InChI is InChI=1S/C81H114N6O17P2.2Na.22H2.2H/c1-7-13-19-25-29-33-37-41-47-53-61-82-80(91)86-73(69-97-65-59-75(55-49-43-23-17-11-5)103-77(88)57-51-45-39-35-31-27-21-15-9-3)71-101-105(93,94)99-67-63-84-79(90)85-64-68-100-106(95,96)102-72-74(87-81(92)83-62-54-48-42-38-34-30-26-20-14-8-2)70-98-66-60-76(56-50-44-24-18-12-6)104-78(89)58-52-46-40-36-32-28-22-16-10-4;;;;;;;;;;;;;;;;;;;;;;;;;;/h1-2,73-76H,9-12,15-18,21-24,27-28,31-32,35-36,39-40,43-46,49-52,55-60,63-72H2,3-6H3,(H,93,94)(H,95,96)(H2,82,86,91)(H2,83,87,92)(H2,84,85,90);;;22*1H;;/q;2*+1;;;;;;;;;;;;;;;;;;;;;;;2*-1/t73-,74-,75-,76-;;;;;;;;;;;;;;;;;;;;;;;;;;/m1........................../s1. The van der Waals surface area contributed by atoms with Crippen LogP contribution in [0.25, 0.3) is 0 Å². The van der Waals surface area contributed by atoms with Crippen LogP contribution in [0.1, 0.15) is 280 Å². The van der Waals surface area contributed by atoms with Crippen LogP contribution in [0, 0.1) is 143 Å². The van der Waals surface area contributed by atoms with Gasteiger partial charge in [-0.05, 0) is 97.7 Å². The number of esters is 2. The van der Waals surface area contributed by atoms with Crippen LogP contribution in [0.3, 0.4) is 0 Å². The zero-order valence-electron chi connectivity index (χ0n) is 67.0. The molecule has 2 unspecified atom stereocenters. The Morgan fingerprint density at radius 3 is 0.972 bits per heavy atom. The minimum atomic E-state index is -4.84. The van der Waals surface area contributed by atoms with Crippen LogP contribution in [-0.2, 0) is 55.8 Å². The Bertz CT molecular complexity index is 3260. The maximum absolute atomic E-state index is 13.1. The Morgan fingerprint density at radius 2 is 0.657 bits per heavy atom. The summed E-state index contributed by atoms with van der Waals surface area (Å²) >= 11 is 0. The third kappa shape index (κ3) is 75.0. The number of amides is 6. The summed E-state index contributed by atoms with van der Waals surface area (Å²) in [5.41, 5.74) is 0.